The maximum Gasteiger partial charge on any atom is 0.243 e. The molecular weight excluding hydrogens is 344 g/mol. The van der Waals surface area contributed by atoms with Gasteiger partial charge >= 0.3 is 0 Å². The average Bonchev–Trinajstić information content (AvgIpc) is 3.29. The fourth-order valence-electron chi connectivity index (χ4n) is 5.28. The van der Waals surface area contributed by atoms with E-state index in [-0.39, 0.29) is 30.2 Å². The van der Waals surface area contributed by atoms with E-state index in [9.17, 15) is 4.79 Å². The molecule has 7 nitrogen and oxygen atoms in total. The number of carbonyl (C=O) groups excluding carboxylic acids is 1. The van der Waals surface area contributed by atoms with Crippen molar-refractivity contribution in [1.82, 2.24) is 15.3 Å². The van der Waals surface area contributed by atoms with Crippen molar-refractivity contribution in [2.75, 3.05) is 19.1 Å². The van der Waals surface area contributed by atoms with E-state index >= 15 is 0 Å². The first-order chi connectivity index (χ1) is 13.2. The molecule has 2 saturated carbocycles. The number of carbonyl (C=O) groups is 1. The highest BCUT2D eigenvalue weighted by atomic mass is 16.5. The van der Waals surface area contributed by atoms with Crippen LogP contribution in [0.5, 0.6) is 0 Å². The molecule has 0 aromatic carbocycles. The van der Waals surface area contributed by atoms with E-state index in [2.05, 4.69) is 20.2 Å². The third-order valence-corrected chi connectivity index (χ3v) is 6.57. The van der Waals surface area contributed by atoms with Gasteiger partial charge in [-0.1, -0.05) is 12.8 Å². The molecule has 3 aliphatic rings. The van der Waals surface area contributed by atoms with Gasteiger partial charge in [0.05, 0.1) is 12.2 Å². The summed E-state index contributed by atoms with van der Waals surface area (Å²) >= 11 is 0. The minimum atomic E-state index is -0.192. The number of fused-ring (bicyclic) bond motifs is 1. The smallest absolute Gasteiger partial charge is 0.243 e. The molecular formula is C20H30N4O3. The molecule has 2 aliphatic carbocycles. The maximum absolute atomic E-state index is 13.2. The number of nitrogens with one attached hydrogen (secondary N) is 1. The van der Waals surface area contributed by atoms with Gasteiger partial charge in [-0.25, -0.2) is 9.97 Å². The van der Waals surface area contributed by atoms with Crippen molar-refractivity contribution in [2.45, 2.75) is 75.3 Å². The number of hydrogen-bond acceptors (Lipinski definition) is 6. The fraction of sp³-hybridized carbons (Fsp3) is 0.750. The molecule has 3 fully saturated rings. The maximum atomic E-state index is 13.2. The standard InChI is InChI=1S/C20H30N4O3/c1-26-17-11-14(12-18(17)27-2)23-19(25)16-10-13-6-3-4-7-15(13)24(16)20-21-8-5-9-22-20/h5,8-9,13-18H,3-4,6-7,10-12H2,1-2H3,(H,23,25)/t13-,15-,16-,17+,18+/m0/s1. The zero-order valence-electron chi connectivity index (χ0n) is 16.2. The molecule has 27 heavy (non-hydrogen) atoms. The summed E-state index contributed by atoms with van der Waals surface area (Å²) in [7, 11) is 3.41. The van der Waals surface area contributed by atoms with Gasteiger partial charge in [0, 0.05) is 38.7 Å². The van der Waals surface area contributed by atoms with Crippen LogP contribution in [0.15, 0.2) is 18.5 Å². The molecule has 1 aliphatic heterocycles. The number of ether oxygens (including phenoxy) is 2. The predicted octanol–water partition coefficient (Wildman–Crippen LogP) is 1.92. The van der Waals surface area contributed by atoms with E-state index < -0.39 is 0 Å². The molecule has 0 radical (unpaired) electrons. The van der Waals surface area contributed by atoms with Gasteiger partial charge in [-0.2, -0.15) is 0 Å². The van der Waals surface area contributed by atoms with Crippen molar-refractivity contribution in [3.8, 4) is 0 Å². The molecule has 1 saturated heterocycles. The summed E-state index contributed by atoms with van der Waals surface area (Å²) in [5.41, 5.74) is 0. The van der Waals surface area contributed by atoms with Crippen molar-refractivity contribution in [3.63, 3.8) is 0 Å². The third-order valence-electron chi connectivity index (χ3n) is 6.57. The molecule has 148 valence electrons. The molecule has 1 N–H and O–H groups in total. The Hall–Kier alpha value is -1.73. The number of amides is 1. The van der Waals surface area contributed by atoms with E-state index in [1.807, 2.05) is 6.07 Å². The van der Waals surface area contributed by atoms with Gasteiger partial charge in [-0.05, 0) is 44.1 Å². The molecule has 0 bridgehead atoms. The van der Waals surface area contributed by atoms with Crippen LogP contribution >= 0.6 is 0 Å². The summed E-state index contributed by atoms with van der Waals surface area (Å²) in [6, 6.07) is 2.09. The molecule has 4 rings (SSSR count). The summed E-state index contributed by atoms with van der Waals surface area (Å²) < 4.78 is 11.0. The minimum Gasteiger partial charge on any atom is -0.379 e. The normalized spacial score (nSPS) is 33.9. The second kappa shape index (κ2) is 8.10. The van der Waals surface area contributed by atoms with E-state index in [0.717, 1.165) is 25.7 Å². The number of aromatic nitrogens is 2. The van der Waals surface area contributed by atoms with E-state index in [1.165, 1.54) is 19.3 Å². The van der Waals surface area contributed by atoms with Gasteiger partial charge in [-0.3, -0.25) is 4.79 Å². The highest BCUT2D eigenvalue weighted by Gasteiger charge is 2.47. The van der Waals surface area contributed by atoms with Gasteiger partial charge in [0.15, 0.2) is 0 Å². The average molecular weight is 374 g/mol. The summed E-state index contributed by atoms with van der Waals surface area (Å²) in [6.07, 6.45) is 10.9. The SMILES string of the molecule is CO[C@@H]1CC(NC(=O)[C@@H]2C[C@@H]3CCCC[C@@H]3N2c2ncccn2)C[C@H]1OC. The number of anilines is 1. The molecule has 1 amide bonds. The monoisotopic (exact) mass is 374 g/mol. The summed E-state index contributed by atoms with van der Waals surface area (Å²) in [6.45, 7) is 0. The number of rotatable bonds is 5. The Bertz CT molecular complexity index is 631. The largest absolute Gasteiger partial charge is 0.379 e. The highest BCUT2D eigenvalue weighted by molar-refractivity contribution is 5.86. The van der Waals surface area contributed by atoms with Crippen LogP contribution in [0.25, 0.3) is 0 Å². The molecule has 5 atom stereocenters. The summed E-state index contributed by atoms with van der Waals surface area (Å²) in [4.78, 5) is 24.3. The number of nitrogens with zero attached hydrogens (tertiary/aromatic N) is 3. The molecule has 1 aromatic heterocycles. The number of methoxy groups -OCH3 is 2. The first-order valence-corrected chi connectivity index (χ1v) is 10.1. The summed E-state index contributed by atoms with van der Waals surface area (Å²) in [5, 5.41) is 3.26. The van der Waals surface area contributed by atoms with Crippen LogP contribution in [0.4, 0.5) is 5.95 Å². The molecule has 0 spiro atoms. The minimum absolute atomic E-state index is 0.0417. The van der Waals surface area contributed by atoms with Crippen LogP contribution in [0.1, 0.15) is 44.9 Å². The molecule has 0 unspecified atom stereocenters. The van der Waals surface area contributed by atoms with E-state index in [1.54, 1.807) is 26.6 Å². The lowest BCUT2D eigenvalue weighted by atomic mass is 9.85. The zero-order chi connectivity index (χ0) is 18.8. The van der Waals surface area contributed by atoms with E-state index in [4.69, 9.17) is 9.47 Å². The summed E-state index contributed by atoms with van der Waals surface area (Å²) in [5.74, 6) is 1.33. The van der Waals surface area contributed by atoms with Crippen LogP contribution in [-0.4, -0.2) is 60.4 Å². The van der Waals surface area contributed by atoms with Crippen LogP contribution in [0.2, 0.25) is 0 Å². The number of hydrogen-bond donors (Lipinski definition) is 1. The second-order valence-electron chi connectivity index (χ2n) is 8.04. The quantitative estimate of drug-likeness (QED) is 0.849. The topological polar surface area (TPSA) is 76.6 Å². The van der Waals surface area contributed by atoms with Crippen LogP contribution in [0, 0.1) is 5.92 Å². The molecule has 1 aromatic rings. The third kappa shape index (κ3) is 3.67. The van der Waals surface area contributed by atoms with Gasteiger partial charge in [0.1, 0.15) is 6.04 Å². The lowest BCUT2D eigenvalue weighted by Crippen LogP contribution is -2.49. The Morgan fingerprint density at radius 2 is 1.74 bits per heavy atom. The Balaban J connectivity index is 1.49. The Labute approximate surface area is 160 Å². The molecule has 7 heteroatoms. The second-order valence-corrected chi connectivity index (χ2v) is 8.04. The van der Waals surface area contributed by atoms with Gasteiger partial charge in [0.2, 0.25) is 11.9 Å². The van der Waals surface area contributed by atoms with Gasteiger partial charge < -0.3 is 19.7 Å². The van der Waals surface area contributed by atoms with Crippen molar-refractivity contribution >= 4 is 11.9 Å². The first-order valence-electron chi connectivity index (χ1n) is 10.1. The first kappa shape index (κ1) is 18.6. The van der Waals surface area contributed by atoms with Crippen LogP contribution < -0.4 is 10.2 Å². The Morgan fingerprint density at radius 1 is 1.07 bits per heavy atom. The van der Waals surface area contributed by atoms with Crippen molar-refractivity contribution in [2.24, 2.45) is 5.92 Å². The Kier molecular flexibility index (Phi) is 5.59. The van der Waals surface area contributed by atoms with Crippen molar-refractivity contribution in [3.05, 3.63) is 18.5 Å². The lowest BCUT2D eigenvalue weighted by Gasteiger charge is -2.33. The van der Waals surface area contributed by atoms with Gasteiger partial charge in [-0.15, -0.1) is 0 Å². The van der Waals surface area contributed by atoms with Crippen molar-refractivity contribution in [1.29, 1.82) is 0 Å². The zero-order valence-corrected chi connectivity index (χ0v) is 16.2. The fourth-order valence-corrected chi connectivity index (χ4v) is 5.28. The Morgan fingerprint density at radius 3 is 2.41 bits per heavy atom. The van der Waals surface area contributed by atoms with Crippen LogP contribution in [0.3, 0.4) is 0 Å². The van der Waals surface area contributed by atoms with E-state index in [0.29, 0.717) is 17.9 Å². The predicted molar refractivity (Wildman–Crippen MR) is 101 cm³/mol. The highest BCUT2D eigenvalue weighted by Crippen LogP contribution is 2.41. The molecule has 2 heterocycles. The van der Waals surface area contributed by atoms with Crippen LogP contribution in [-0.2, 0) is 14.3 Å². The lowest BCUT2D eigenvalue weighted by molar-refractivity contribution is -0.123. The van der Waals surface area contributed by atoms with Gasteiger partial charge in [0.25, 0.3) is 0 Å². The van der Waals surface area contributed by atoms with Crippen molar-refractivity contribution < 1.29 is 14.3 Å².